The molecule has 2 atom stereocenters. The molecule has 136 valence electrons. The molecule has 3 rings (SSSR count). The van der Waals surface area contributed by atoms with Crippen LogP contribution in [-0.2, 0) is 0 Å². The predicted molar refractivity (Wildman–Crippen MR) is 102 cm³/mol. The third-order valence-electron chi connectivity index (χ3n) is 5.29. The Hall–Kier alpha value is -1.75. The van der Waals surface area contributed by atoms with Gasteiger partial charge in [0.2, 0.25) is 0 Å². The topological polar surface area (TPSA) is 56.7 Å². The smallest absolute Gasteiger partial charge is 0.251 e. The molecule has 5 nitrogen and oxygen atoms in total. The standard InChI is InChI=1S/C19H27ClN4O/c1-21-19(24-12-15-4-2-3-5-16(15)13-24)23-11-10-22-18(25)14-6-8-17(20)9-7-14/h6-9,15-16H,2-5,10-13H2,1H3,(H,21,23)(H,22,25). The van der Waals surface area contributed by atoms with E-state index in [1.54, 1.807) is 24.3 Å². The number of likely N-dealkylation sites (tertiary alicyclic amines) is 1. The molecule has 6 heteroatoms. The lowest BCUT2D eigenvalue weighted by Crippen LogP contribution is -2.43. The van der Waals surface area contributed by atoms with Gasteiger partial charge in [-0.15, -0.1) is 0 Å². The van der Waals surface area contributed by atoms with Crippen molar-refractivity contribution in [1.82, 2.24) is 15.5 Å². The Morgan fingerprint density at radius 3 is 2.32 bits per heavy atom. The molecule has 1 saturated heterocycles. The second-order valence-corrected chi connectivity index (χ2v) is 7.38. The van der Waals surface area contributed by atoms with Gasteiger partial charge in [-0.2, -0.15) is 0 Å². The number of hydrogen-bond acceptors (Lipinski definition) is 2. The number of halogens is 1. The number of aliphatic imine (C=N–C) groups is 1. The van der Waals surface area contributed by atoms with Crippen LogP contribution in [0.2, 0.25) is 5.02 Å². The fourth-order valence-corrected chi connectivity index (χ4v) is 4.09. The van der Waals surface area contributed by atoms with Crippen LogP contribution in [0.5, 0.6) is 0 Å². The van der Waals surface area contributed by atoms with Crippen LogP contribution in [0, 0.1) is 11.8 Å². The number of rotatable bonds is 4. The molecule has 1 aliphatic carbocycles. The molecule has 0 bridgehead atoms. The van der Waals surface area contributed by atoms with Crippen molar-refractivity contribution in [3.05, 3.63) is 34.9 Å². The van der Waals surface area contributed by atoms with Crippen LogP contribution in [0.1, 0.15) is 36.0 Å². The van der Waals surface area contributed by atoms with Gasteiger partial charge >= 0.3 is 0 Å². The van der Waals surface area contributed by atoms with Gasteiger partial charge in [-0.05, 0) is 48.9 Å². The summed E-state index contributed by atoms with van der Waals surface area (Å²) in [6, 6.07) is 6.92. The normalized spacial score (nSPS) is 23.3. The summed E-state index contributed by atoms with van der Waals surface area (Å²) >= 11 is 5.84. The largest absolute Gasteiger partial charge is 0.354 e. The van der Waals surface area contributed by atoms with Crippen molar-refractivity contribution in [3.8, 4) is 0 Å². The average Bonchev–Trinajstić information content (AvgIpc) is 3.06. The molecule has 1 aliphatic heterocycles. The van der Waals surface area contributed by atoms with E-state index >= 15 is 0 Å². The summed E-state index contributed by atoms with van der Waals surface area (Å²) in [7, 11) is 1.83. The summed E-state index contributed by atoms with van der Waals surface area (Å²) in [5.41, 5.74) is 0.623. The van der Waals surface area contributed by atoms with Gasteiger partial charge < -0.3 is 15.5 Å². The monoisotopic (exact) mass is 362 g/mol. The zero-order valence-corrected chi connectivity index (χ0v) is 15.6. The van der Waals surface area contributed by atoms with Gasteiger partial charge in [0, 0.05) is 43.8 Å². The quantitative estimate of drug-likeness (QED) is 0.492. The first-order valence-electron chi connectivity index (χ1n) is 9.16. The Balaban J connectivity index is 1.41. The lowest BCUT2D eigenvalue weighted by atomic mass is 9.82. The van der Waals surface area contributed by atoms with Crippen LogP contribution in [0.4, 0.5) is 0 Å². The van der Waals surface area contributed by atoms with Crippen LogP contribution < -0.4 is 10.6 Å². The molecule has 1 heterocycles. The van der Waals surface area contributed by atoms with E-state index in [9.17, 15) is 4.79 Å². The van der Waals surface area contributed by atoms with E-state index in [-0.39, 0.29) is 5.91 Å². The van der Waals surface area contributed by atoms with Crippen LogP contribution in [-0.4, -0.2) is 50.0 Å². The SMILES string of the molecule is CN=C(NCCNC(=O)c1ccc(Cl)cc1)N1CC2CCCCC2C1. The maximum absolute atomic E-state index is 12.1. The summed E-state index contributed by atoms with van der Waals surface area (Å²) in [4.78, 5) is 18.9. The van der Waals surface area contributed by atoms with Gasteiger partial charge in [0.05, 0.1) is 0 Å². The second kappa shape index (κ2) is 8.56. The molecule has 2 N–H and O–H groups in total. The number of carbonyl (C=O) groups is 1. The summed E-state index contributed by atoms with van der Waals surface area (Å²) < 4.78 is 0. The van der Waals surface area contributed by atoms with Gasteiger partial charge in [-0.1, -0.05) is 24.4 Å². The molecule has 2 unspecified atom stereocenters. The number of hydrogen-bond donors (Lipinski definition) is 2. The maximum Gasteiger partial charge on any atom is 0.251 e. The molecule has 1 amide bonds. The van der Waals surface area contributed by atoms with E-state index in [4.69, 9.17) is 11.6 Å². The first-order valence-corrected chi connectivity index (χ1v) is 9.54. The molecule has 0 aromatic heterocycles. The van der Waals surface area contributed by atoms with Crippen LogP contribution in [0.3, 0.4) is 0 Å². The lowest BCUT2D eigenvalue weighted by molar-refractivity contribution is 0.0954. The van der Waals surface area contributed by atoms with E-state index in [1.807, 2.05) is 7.05 Å². The summed E-state index contributed by atoms with van der Waals surface area (Å²) in [6.07, 6.45) is 5.46. The number of nitrogens with one attached hydrogen (secondary N) is 2. The van der Waals surface area contributed by atoms with Crippen molar-refractivity contribution in [2.45, 2.75) is 25.7 Å². The van der Waals surface area contributed by atoms with E-state index in [1.165, 1.54) is 25.7 Å². The Kier molecular flexibility index (Phi) is 6.19. The Morgan fingerprint density at radius 2 is 1.72 bits per heavy atom. The maximum atomic E-state index is 12.1. The third kappa shape index (κ3) is 4.66. The highest BCUT2D eigenvalue weighted by atomic mass is 35.5. The Bertz CT molecular complexity index is 602. The minimum Gasteiger partial charge on any atom is -0.354 e. The summed E-state index contributed by atoms with van der Waals surface area (Å²) in [5, 5.41) is 6.93. The molecule has 1 aromatic rings. The highest BCUT2D eigenvalue weighted by Gasteiger charge is 2.35. The Labute approximate surface area is 154 Å². The number of benzene rings is 1. The molecular weight excluding hydrogens is 336 g/mol. The van der Waals surface area contributed by atoms with Gasteiger partial charge in [-0.25, -0.2) is 0 Å². The minimum atomic E-state index is -0.0827. The zero-order chi connectivity index (χ0) is 17.6. The van der Waals surface area contributed by atoms with E-state index in [0.29, 0.717) is 23.7 Å². The molecule has 0 radical (unpaired) electrons. The van der Waals surface area contributed by atoms with Gasteiger partial charge in [0.15, 0.2) is 5.96 Å². The summed E-state index contributed by atoms with van der Waals surface area (Å²) in [6.45, 7) is 3.45. The summed E-state index contributed by atoms with van der Waals surface area (Å²) in [5.74, 6) is 2.53. The first kappa shape index (κ1) is 18.1. The van der Waals surface area contributed by atoms with Crippen LogP contribution >= 0.6 is 11.6 Å². The van der Waals surface area contributed by atoms with Gasteiger partial charge in [-0.3, -0.25) is 9.79 Å². The molecule has 0 spiro atoms. The van der Waals surface area contributed by atoms with Crippen LogP contribution in [0.25, 0.3) is 0 Å². The fraction of sp³-hybridized carbons (Fsp3) is 0.579. The van der Waals surface area contributed by atoms with E-state index in [2.05, 4.69) is 20.5 Å². The number of carbonyl (C=O) groups excluding carboxylic acids is 1. The number of nitrogens with zero attached hydrogens (tertiary/aromatic N) is 2. The lowest BCUT2D eigenvalue weighted by Gasteiger charge is -2.22. The molecule has 1 saturated carbocycles. The van der Waals surface area contributed by atoms with Crippen molar-refractivity contribution in [2.75, 3.05) is 33.2 Å². The number of amides is 1. The number of fused-ring (bicyclic) bond motifs is 1. The third-order valence-corrected chi connectivity index (χ3v) is 5.54. The van der Waals surface area contributed by atoms with Crippen molar-refractivity contribution in [2.24, 2.45) is 16.8 Å². The van der Waals surface area contributed by atoms with Crippen molar-refractivity contribution in [1.29, 1.82) is 0 Å². The van der Waals surface area contributed by atoms with Crippen LogP contribution in [0.15, 0.2) is 29.3 Å². The fourth-order valence-electron chi connectivity index (χ4n) is 3.96. The molecule has 2 aliphatic rings. The second-order valence-electron chi connectivity index (χ2n) is 6.95. The van der Waals surface area contributed by atoms with Gasteiger partial charge in [0.1, 0.15) is 0 Å². The number of guanidine groups is 1. The molecular formula is C19H27ClN4O. The van der Waals surface area contributed by atoms with Crippen molar-refractivity contribution in [3.63, 3.8) is 0 Å². The molecule has 1 aromatic carbocycles. The Morgan fingerprint density at radius 1 is 1.12 bits per heavy atom. The minimum absolute atomic E-state index is 0.0827. The van der Waals surface area contributed by atoms with E-state index in [0.717, 1.165) is 30.9 Å². The highest BCUT2D eigenvalue weighted by Crippen LogP contribution is 2.35. The van der Waals surface area contributed by atoms with Crippen molar-refractivity contribution < 1.29 is 4.79 Å². The predicted octanol–water partition coefficient (Wildman–Crippen LogP) is 2.77. The first-order chi connectivity index (χ1) is 12.2. The highest BCUT2D eigenvalue weighted by molar-refractivity contribution is 6.30. The molecule has 25 heavy (non-hydrogen) atoms. The van der Waals surface area contributed by atoms with Gasteiger partial charge in [0.25, 0.3) is 5.91 Å². The van der Waals surface area contributed by atoms with Crippen molar-refractivity contribution >= 4 is 23.5 Å². The van der Waals surface area contributed by atoms with E-state index < -0.39 is 0 Å². The molecule has 2 fully saturated rings. The zero-order valence-electron chi connectivity index (χ0n) is 14.8. The average molecular weight is 363 g/mol.